The van der Waals surface area contributed by atoms with E-state index in [-0.39, 0.29) is 0 Å². The maximum Gasteiger partial charge on any atom is 0.316 e. The predicted octanol–water partition coefficient (Wildman–Crippen LogP) is 0.851. The molecule has 92 valence electrons. The molecule has 1 unspecified atom stereocenters. The molecule has 1 rings (SSSR count). The van der Waals surface area contributed by atoms with Gasteiger partial charge in [0.25, 0.3) is 0 Å². The Morgan fingerprint density at radius 1 is 1.47 bits per heavy atom. The number of nitrogens with zero attached hydrogens (tertiary/aromatic N) is 1. The van der Waals surface area contributed by atoms with Crippen molar-refractivity contribution in [3.05, 3.63) is 30.1 Å². The third kappa shape index (κ3) is 4.22. The Balaban J connectivity index is 2.36. The second kappa shape index (κ2) is 6.62. The molecule has 1 heterocycles. The number of carboxylic acids is 1. The van der Waals surface area contributed by atoms with Crippen LogP contribution in [0.4, 0.5) is 0 Å². The second-order valence-corrected chi connectivity index (χ2v) is 3.66. The Labute approximate surface area is 99.9 Å². The average Bonchev–Trinajstić information content (AvgIpc) is 2.30. The third-order valence-corrected chi connectivity index (χ3v) is 2.43. The molecule has 0 spiro atoms. The molecule has 1 atom stereocenters. The summed E-state index contributed by atoms with van der Waals surface area (Å²) in [7, 11) is 0. The van der Waals surface area contributed by atoms with Crippen molar-refractivity contribution in [2.45, 2.75) is 19.8 Å². The minimum atomic E-state index is -1.08. The van der Waals surface area contributed by atoms with Crippen molar-refractivity contribution < 1.29 is 14.7 Å². The van der Waals surface area contributed by atoms with Crippen molar-refractivity contribution in [1.82, 2.24) is 10.3 Å². The number of aromatic nitrogens is 1. The van der Waals surface area contributed by atoms with E-state index in [1.165, 1.54) is 0 Å². The predicted molar refractivity (Wildman–Crippen MR) is 62.4 cm³/mol. The van der Waals surface area contributed by atoms with E-state index >= 15 is 0 Å². The number of hydrogen-bond acceptors (Lipinski definition) is 3. The zero-order valence-corrected chi connectivity index (χ0v) is 9.72. The molecule has 0 bridgehead atoms. The van der Waals surface area contributed by atoms with Gasteiger partial charge in [-0.1, -0.05) is 13.0 Å². The van der Waals surface area contributed by atoms with Gasteiger partial charge in [0, 0.05) is 24.9 Å². The second-order valence-electron chi connectivity index (χ2n) is 3.66. The number of hydrogen-bond donors (Lipinski definition) is 2. The number of pyridine rings is 1. The Morgan fingerprint density at radius 3 is 2.76 bits per heavy atom. The standard InChI is InChI=1S/C12H16N2O3/c1-2-10(12(16)17)11(15)14-8-6-9-5-3-4-7-13-9/h3-5,7,10H,2,6,8H2,1H3,(H,14,15)(H,16,17). The number of nitrogens with one attached hydrogen (secondary N) is 1. The number of amides is 1. The van der Waals surface area contributed by atoms with Crippen molar-refractivity contribution in [1.29, 1.82) is 0 Å². The number of rotatable bonds is 6. The van der Waals surface area contributed by atoms with E-state index in [2.05, 4.69) is 10.3 Å². The van der Waals surface area contributed by atoms with Crippen LogP contribution < -0.4 is 5.32 Å². The lowest BCUT2D eigenvalue weighted by molar-refractivity contribution is -0.147. The third-order valence-electron chi connectivity index (χ3n) is 2.43. The number of carbonyl (C=O) groups is 2. The lowest BCUT2D eigenvalue weighted by Crippen LogP contribution is -2.36. The van der Waals surface area contributed by atoms with Gasteiger partial charge in [-0.05, 0) is 18.6 Å². The largest absolute Gasteiger partial charge is 0.481 e. The molecule has 0 aliphatic heterocycles. The van der Waals surface area contributed by atoms with E-state index in [1.807, 2.05) is 18.2 Å². The van der Waals surface area contributed by atoms with Crippen molar-refractivity contribution >= 4 is 11.9 Å². The first-order chi connectivity index (χ1) is 8.15. The molecule has 0 radical (unpaired) electrons. The first-order valence-electron chi connectivity index (χ1n) is 5.55. The minimum Gasteiger partial charge on any atom is -0.481 e. The van der Waals surface area contributed by atoms with Crippen molar-refractivity contribution in [3.8, 4) is 0 Å². The molecular weight excluding hydrogens is 220 g/mol. The molecule has 0 aliphatic rings. The van der Waals surface area contributed by atoms with E-state index < -0.39 is 17.8 Å². The molecule has 0 fully saturated rings. The first kappa shape index (κ1) is 13.2. The molecule has 2 N–H and O–H groups in total. The van der Waals surface area contributed by atoms with Gasteiger partial charge in [-0.2, -0.15) is 0 Å². The van der Waals surface area contributed by atoms with Crippen molar-refractivity contribution in [2.75, 3.05) is 6.54 Å². The van der Waals surface area contributed by atoms with E-state index in [1.54, 1.807) is 13.1 Å². The molecule has 1 aromatic rings. The SMILES string of the molecule is CCC(C(=O)O)C(=O)NCCc1ccccn1. The molecule has 0 saturated heterocycles. The van der Waals surface area contributed by atoms with E-state index in [0.717, 1.165) is 5.69 Å². The summed E-state index contributed by atoms with van der Waals surface area (Å²) in [5.74, 6) is -2.47. The maximum absolute atomic E-state index is 11.5. The van der Waals surface area contributed by atoms with Gasteiger partial charge in [0.15, 0.2) is 0 Å². The van der Waals surface area contributed by atoms with Crippen LogP contribution in [-0.2, 0) is 16.0 Å². The van der Waals surface area contributed by atoms with Crippen LogP contribution in [0.2, 0.25) is 0 Å². The van der Waals surface area contributed by atoms with Crippen LogP contribution in [0.3, 0.4) is 0 Å². The van der Waals surface area contributed by atoms with Gasteiger partial charge >= 0.3 is 5.97 Å². The molecule has 5 heteroatoms. The van der Waals surface area contributed by atoms with E-state index in [4.69, 9.17) is 5.11 Å². The van der Waals surface area contributed by atoms with Crippen LogP contribution in [-0.4, -0.2) is 28.5 Å². The number of carboxylic acid groups (broad SMARTS) is 1. The number of aliphatic carboxylic acids is 1. The maximum atomic E-state index is 11.5. The van der Waals surface area contributed by atoms with Gasteiger partial charge in [-0.25, -0.2) is 0 Å². The quantitative estimate of drug-likeness (QED) is 0.718. The molecule has 0 aliphatic carbocycles. The Bertz CT molecular complexity index is 379. The molecular formula is C12H16N2O3. The van der Waals surface area contributed by atoms with Crippen LogP contribution in [0.1, 0.15) is 19.0 Å². The Kier molecular flexibility index (Phi) is 5.13. The fraction of sp³-hybridized carbons (Fsp3) is 0.417. The van der Waals surface area contributed by atoms with Crippen LogP contribution in [0.15, 0.2) is 24.4 Å². The summed E-state index contributed by atoms with van der Waals surface area (Å²) in [6.45, 7) is 2.08. The van der Waals surface area contributed by atoms with Gasteiger partial charge in [0.05, 0.1) is 0 Å². The van der Waals surface area contributed by atoms with Gasteiger partial charge in [0.2, 0.25) is 5.91 Å². The summed E-state index contributed by atoms with van der Waals surface area (Å²) in [4.78, 5) is 26.3. The number of carbonyl (C=O) groups excluding carboxylic acids is 1. The van der Waals surface area contributed by atoms with Crippen molar-refractivity contribution in [2.24, 2.45) is 5.92 Å². The van der Waals surface area contributed by atoms with Crippen LogP contribution in [0, 0.1) is 5.92 Å². The highest BCUT2D eigenvalue weighted by atomic mass is 16.4. The van der Waals surface area contributed by atoms with Gasteiger partial charge < -0.3 is 10.4 Å². The Hall–Kier alpha value is -1.91. The monoisotopic (exact) mass is 236 g/mol. The molecule has 1 aromatic heterocycles. The topological polar surface area (TPSA) is 79.3 Å². The first-order valence-corrected chi connectivity index (χ1v) is 5.55. The summed E-state index contributed by atoms with van der Waals surface area (Å²) in [6, 6.07) is 5.55. The van der Waals surface area contributed by atoms with Crippen LogP contribution >= 0.6 is 0 Å². The van der Waals surface area contributed by atoms with Gasteiger partial charge in [-0.15, -0.1) is 0 Å². The van der Waals surface area contributed by atoms with Gasteiger partial charge in [0.1, 0.15) is 5.92 Å². The fourth-order valence-electron chi connectivity index (χ4n) is 1.46. The fourth-order valence-corrected chi connectivity index (χ4v) is 1.46. The zero-order valence-electron chi connectivity index (χ0n) is 9.72. The molecule has 17 heavy (non-hydrogen) atoms. The average molecular weight is 236 g/mol. The zero-order chi connectivity index (χ0) is 12.7. The Morgan fingerprint density at radius 2 is 2.24 bits per heavy atom. The highest BCUT2D eigenvalue weighted by Crippen LogP contribution is 2.02. The lowest BCUT2D eigenvalue weighted by atomic mass is 10.1. The minimum absolute atomic E-state index is 0.296. The summed E-state index contributed by atoms with van der Waals surface area (Å²) in [5, 5.41) is 11.4. The van der Waals surface area contributed by atoms with Crippen molar-refractivity contribution in [3.63, 3.8) is 0 Å². The van der Waals surface area contributed by atoms with E-state index in [9.17, 15) is 9.59 Å². The normalized spacial score (nSPS) is 11.8. The van der Waals surface area contributed by atoms with Crippen LogP contribution in [0.5, 0.6) is 0 Å². The summed E-state index contributed by atoms with van der Waals surface area (Å²) in [5.41, 5.74) is 0.871. The van der Waals surface area contributed by atoms with E-state index in [0.29, 0.717) is 19.4 Å². The molecule has 0 aromatic carbocycles. The lowest BCUT2D eigenvalue weighted by Gasteiger charge is -2.10. The molecule has 5 nitrogen and oxygen atoms in total. The summed E-state index contributed by atoms with van der Waals surface area (Å²) < 4.78 is 0. The smallest absolute Gasteiger partial charge is 0.316 e. The summed E-state index contributed by atoms with van der Waals surface area (Å²) in [6.07, 6.45) is 2.58. The molecule has 1 amide bonds. The highest BCUT2D eigenvalue weighted by Gasteiger charge is 2.23. The van der Waals surface area contributed by atoms with Gasteiger partial charge in [-0.3, -0.25) is 14.6 Å². The highest BCUT2D eigenvalue weighted by molar-refractivity contribution is 5.96. The summed E-state index contributed by atoms with van der Waals surface area (Å²) >= 11 is 0. The molecule has 0 saturated carbocycles. The van der Waals surface area contributed by atoms with Crippen LogP contribution in [0.25, 0.3) is 0 Å².